The van der Waals surface area contributed by atoms with Crippen LogP contribution in [-0.2, 0) is 0 Å². The van der Waals surface area contributed by atoms with Gasteiger partial charge in [0.05, 0.1) is 5.69 Å². The summed E-state index contributed by atoms with van der Waals surface area (Å²) in [6.07, 6.45) is 0. The standard InChI is InChI=1S/C24H14BNO2/c1-4-10-19-15(7-1)16-8-2-5-11-20(16)26-21-13-18-17-9-3-6-12-22(17)27-23(18)14-24(21)28-25(19)26/h1-14H. The molecule has 2 aliphatic rings. The summed E-state index contributed by atoms with van der Waals surface area (Å²) in [5, 5.41) is 2.25. The minimum Gasteiger partial charge on any atom is -0.536 e. The van der Waals surface area contributed by atoms with Crippen molar-refractivity contribution in [1.82, 2.24) is 0 Å². The second-order valence-corrected chi connectivity index (χ2v) is 7.36. The van der Waals surface area contributed by atoms with Crippen LogP contribution in [0.4, 0.5) is 11.4 Å². The van der Waals surface area contributed by atoms with E-state index in [1.807, 2.05) is 18.2 Å². The first kappa shape index (κ1) is 14.4. The van der Waals surface area contributed by atoms with E-state index in [0.29, 0.717) is 0 Å². The fraction of sp³-hybridized carbons (Fsp3) is 0. The lowest BCUT2D eigenvalue weighted by Gasteiger charge is -2.31. The van der Waals surface area contributed by atoms with Crippen LogP contribution in [0.2, 0.25) is 0 Å². The number of furan rings is 1. The van der Waals surface area contributed by atoms with Crippen LogP contribution in [0, 0.1) is 0 Å². The van der Waals surface area contributed by atoms with Gasteiger partial charge in [-0.2, -0.15) is 0 Å². The number of nitrogens with zero attached hydrogens (tertiary/aromatic N) is 1. The van der Waals surface area contributed by atoms with Crippen LogP contribution in [0.15, 0.2) is 89.3 Å². The molecule has 3 heterocycles. The van der Waals surface area contributed by atoms with Crippen molar-refractivity contribution in [2.24, 2.45) is 0 Å². The zero-order valence-corrected chi connectivity index (χ0v) is 14.9. The van der Waals surface area contributed by atoms with E-state index in [1.54, 1.807) is 0 Å². The van der Waals surface area contributed by atoms with Gasteiger partial charge in [-0.25, -0.2) is 0 Å². The first-order valence-corrected chi connectivity index (χ1v) is 9.48. The molecule has 0 radical (unpaired) electrons. The predicted octanol–water partition coefficient (Wildman–Crippen LogP) is 5.49. The van der Waals surface area contributed by atoms with Gasteiger partial charge >= 0.3 is 7.05 Å². The van der Waals surface area contributed by atoms with Gasteiger partial charge in [0.1, 0.15) is 16.9 Å². The summed E-state index contributed by atoms with van der Waals surface area (Å²) >= 11 is 0. The van der Waals surface area contributed by atoms with Gasteiger partial charge in [-0.3, -0.25) is 0 Å². The highest BCUT2D eigenvalue weighted by Gasteiger charge is 2.45. The molecular formula is C24H14BNO2. The monoisotopic (exact) mass is 359 g/mol. The van der Waals surface area contributed by atoms with Crippen molar-refractivity contribution in [2.75, 3.05) is 4.81 Å². The van der Waals surface area contributed by atoms with E-state index >= 15 is 0 Å². The number of benzene rings is 4. The Balaban J connectivity index is 1.54. The smallest absolute Gasteiger partial charge is 0.524 e. The summed E-state index contributed by atoms with van der Waals surface area (Å²) < 4.78 is 12.5. The summed E-state index contributed by atoms with van der Waals surface area (Å²) in [7, 11) is -0.154. The zero-order valence-electron chi connectivity index (χ0n) is 14.9. The van der Waals surface area contributed by atoms with E-state index in [0.717, 1.165) is 33.4 Å². The minimum atomic E-state index is -0.154. The third-order valence-electron chi connectivity index (χ3n) is 5.87. The predicted molar refractivity (Wildman–Crippen MR) is 114 cm³/mol. The number of hydrogen-bond donors (Lipinski definition) is 0. The highest BCUT2D eigenvalue weighted by Crippen LogP contribution is 2.49. The number of hydrogen-bond acceptors (Lipinski definition) is 3. The van der Waals surface area contributed by atoms with Gasteiger partial charge in [-0.1, -0.05) is 60.7 Å². The Hall–Kier alpha value is -3.66. The maximum Gasteiger partial charge on any atom is 0.524 e. The summed E-state index contributed by atoms with van der Waals surface area (Å²) in [6, 6.07) is 29.5. The number of anilines is 2. The van der Waals surface area contributed by atoms with E-state index < -0.39 is 0 Å². The molecule has 2 aliphatic heterocycles. The van der Waals surface area contributed by atoms with Crippen LogP contribution >= 0.6 is 0 Å². The molecule has 130 valence electrons. The molecule has 1 aromatic heterocycles. The van der Waals surface area contributed by atoms with Crippen LogP contribution in [0.25, 0.3) is 33.1 Å². The number of rotatable bonds is 0. The Morgan fingerprint density at radius 2 is 1.43 bits per heavy atom. The summed E-state index contributed by atoms with van der Waals surface area (Å²) in [5.41, 5.74) is 7.70. The van der Waals surface area contributed by atoms with E-state index in [4.69, 9.17) is 9.07 Å². The molecule has 0 spiro atoms. The van der Waals surface area contributed by atoms with Crippen molar-refractivity contribution in [2.45, 2.75) is 0 Å². The molecule has 3 nitrogen and oxygen atoms in total. The van der Waals surface area contributed by atoms with Crippen LogP contribution in [0.5, 0.6) is 5.75 Å². The van der Waals surface area contributed by atoms with Crippen LogP contribution < -0.4 is 14.9 Å². The van der Waals surface area contributed by atoms with Gasteiger partial charge in [0.2, 0.25) is 0 Å². The van der Waals surface area contributed by atoms with Gasteiger partial charge in [0, 0.05) is 28.1 Å². The summed E-state index contributed by atoms with van der Waals surface area (Å²) in [5.74, 6) is 0.864. The molecule has 4 aromatic carbocycles. The molecule has 7 rings (SSSR count). The molecule has 0 atom stereocenters. The molecule has 0 unspecified atom stereocenters. The molecule has 0 amide bonds. The lowest BCUT2D eigenvalue weighted by Crippen LogP contribution is -2.50. The number of para-hydroxylation sites is 2. The van der Waals surface area contributed by atoms with Crippen molar-refractivity contribution in [3.63, 3.8) is 0 Å². The van der Waals surface area contributed by atoms with Crippen LogP contribution in [0.3, 0.4) is 0 Å². The molecule has 4 heteroatoms. The van der Waals surface area contributed by atoms with E-state index in [9.17, 15) is 0 Å². The minimum absolute atomic E-state index is 0.154. The summed E-state index contributed by atoms with van der Waals surface area (Å²) in [6.45, 7) is 0. The second kappa shape index (κ2) is 4.99. The van der Waals surface area contributed by atoms with Gasteiger partial charge in [0.15, 0.2) is 0 Å². The van der Waals surface area contributed by atoms with Gasteiger partial charge in [-0.05, 0) is 29.2 Å². The Morgan fingerprint density at radius 3 is 2.39 bits per heavy atom. The SMILES string of the molecule is c1ccc2c(c1)B1Oc3cc4oc5ccccc5c4cc3N1c1ccccc1-2. The van der Waals surface area contributed by atoms with E-state index in [-0.39, 0.29) is 7.05 Å². The maximum atomic E-state index is 6.46. The van der Waals surface area contributed by atoms with Crippen LogP contribution in [0.1, 0.15) is 0 Å². The molecule has 0 fully saturated rings. The third-order valence-corrected chi connectivity index (χ3v) is 5.87. The topological polar surface area (TPSA) is 25.6 Å². The first-order chi connectivity index (χ1) is 13.9. The molecule has 0 saturated heterocycles. The lowest BCUT2D eigenvalue weighted by atomic mass is 9.65. The normalized spacial score (nSPS) is 13.9. The largest absolute Gasteiger partial charge is 0.536 e. The van der Waals surface area contributed by atoms with Crippen LogP contribution in [-0.4, -0.2) is 7.05 Å². The third kappa shape index (κ3) is 1.70. The van der Waals surface area contributed by atoms with E-state index in [1.165, 1.54) is 22.3 Å². The molecular weight excluding hydrogens is 345 g/mol. The quantitative estimate of drug-likeness (QED) is 0.342. The molecule has 0 bridgehead atoms. The molecule has 28 heavy (non-hydrogen) atoms. The Labute approximate surface area is 161 Å². The molecule has 0 N–H and O–H groups in total. The van der Waals surface area contributed by atoms with Crippen molar-refractivity contribution in [1.29, 1.82) is 0 Å². The highest BCUT2D eigenvalue weighted by molar-refractivity contribution is 6.77. The Morgan fingerprint density at radius 1 is 0.643 bits per heavy atom. The van der Waals surface area contributed by atoms with Crippen molar-refractivity contribution in [3.8, 4) is 16.9 Å². The molecule has 0 aliphatic carbocycles. The van der Waals surface area contributed by atoms with Crippen molar-refractivity contribution < 1.29 is 9.07 Å². The maximum absolute atomic E-state index is 6.46. The molecule has 5 aromatic rings. The molecule has 0 saturated carbocycles. The Bertz CT molecular complexity index is 1420. The van der Waals surface area contributed by atoms with Gasteiger partial charge < -0.3 is 13.9 Å². The number of fused-ring (bicyclic) bond motifs is 11. The lowest BCUT2D eigenvalue weighted by molar-refractivity contribution is 0.600. The highest BCUT2D eigenvalue weighted by atomic mass is 16.5. The fourth-order valence-corrected chi connectivity index (χ4v) is 4.65. The van der Waals surface area contributed by atoms with E-state index in [2.05, 4.69) is 71.5 Å². The van der Waals surface area contributed by atoms with Gasteiger partial charge in [0.25, 0.3) is 0 Å². The zero-order chi connectivity index (χ0) is 18.2. The van der Waals surface area contributed by atoms with Crippen molar-refractivity contribution in [3.05, 3.63) is 84.9 Å². The van der Waals surface area contributed by atoms with Crippen molar-refractivity contribution >= 4 is 45.8 Å². The Kier molecular flexibility index (Phi) is 2.57. The second-order valence-electron chi connectivity index (χ2n) is 7.36. The average Bonchev–Trinajstić information content (AvgIpc) is 3.30. The summed E-state index contributed by atoms with van der Waals surface area (Å²) in [4.78, 5) is 2.31. The fourth-order valence-electron chi connectivity index (χ4n) is 4.65. The first-order valence-electron chi connectivity index (χ1n) is 9.48. The van der Waals surface area contributed by atoms with Gasteiger partial charge in [-0.15, -0.1) is 0 Å². The average molecular weight is 359 g/mol.